The van der Waals surface area contributed by atoms with Crippen LogP contribution in [0.15, 0.2) is 6.07 Å². The Kier molecular flexibility index (Phi) is 6.34. The Hall–Kier alpha value is -2.38. The minimum atomic E-state index is -0.325. The second-order valence-electron chi connectivity index (χ2n) is 5.59. The number of nitrogens with zero attached hydrogens (tertiary/aromatic N) is 4. The highest BCUT2D eigenvalue weighted by Gasteiger charge is 2.26. The summed E-state index contributed by atoms with van der Waals surface area (Å²) < 4.78 is 4.99. The number of rotatable bonds is 5. The number of hydrogen-bond acceptors (Lipinski definition) is 6. The van der Waals surface area contributed by atoms with Crippen molar-refractivity contribution in [3.05, 3.63) is 17.6 Å². The average molecular weight is 335 g/mol. The molecule has 1 aromatic rings. The molecular weight excluding hydrogens is 310 g/mol. The number of nitrogens with one attached hydrogen (secondary N) is 1. The van der Waals surface area contributed by atoms with E-state index in [4.69, 9.17) is 4.74 Å². The Morgan fingerprint density at radius 1 is 1.17 bits per heavy atom. The first-order chi connectivity index (χ1) is 11.5. The van der Waals surface area contributed by atoms with Gasteiger partial charge in [0.15, 0.2) is 0 Å². The van der Waals surface area contributed by atoms with E-state index >= 15 is 0 Å². The lowest BCUT2D eigenvalue weighted by Gasteiger charge is -2.33. The molecule has 1 saturated heterocycles. The third-order valence-electron chi connectivity index (χ3n) is 3.71. The summed E-state index contributed by atoms with van der Waals surface area (Å²) in [6.07, 6.45) is 0.649. The number of aromatic nitrogens is 2. The van der Waals surface area contributed by atoms with Crippen LogP contribution in [0.1, 0.15) is 36.6 Å². The highest BCUT2D eigenvalue weighted by molar-refractivity contribution is 5.93. The molecule has 2 amide bonds. The van der Waals surface area contributed by atoms with E-state index in [0.717, 1.165) is 13.0 Å². The monoisotopic (exact) mass is 335 g/mol. The van der Waals surface area contributed by atoms with Crippen LogP contribution in [-0.4, -0.2) is 71.1 Å². The molecule has 0 bridgehead atoms. The van der Waals surface area contributed by atoms with Gasteiger partial charge in [-0.05, 0) is 20.3 Å². The minimum Gasteiger partial charge on any atom is -0.450 e. The van der Waals surface area contributed by atoms with Crippen LogP contribution in [0.25, 0.3) is 0 Å². The Bertz CT molecular complexity index is 585. The molecular formula is C16H25N5O3. The van der Waals surface area contributed by atoms with Crippen molar-refractivity contribution in [1.82, 2.24) is 19.8 Å². The maximum atomic E-state index is 12.7. The molecule has 2 rings (SSSR count). The van der Waals surface area contributed by atoms with Crippen molar-refractivity contribution in [2.45, 2.75) is 27.2 Å². The van der Waals surface area contributed by atoms with Crippen molar-refractivity contribution in [1.29, 1.82) is 0 Å². The predicted octanol–water partition coefficient (Wildman–Crippen LogP) is 1.52. The van der Waals surface area contributed by atoms with Crippen LogP contribution >= 0.6 is 0 Å². The van der Waals surface area contributed by atoms with Gasteiger partial charge in [-0.15, -0.1) is 0 Å². The molecule has 2 heterocycles. The summed E-state index contributed by atoms with van der Waals surface area (Å²) in [5, 5.41) is 3.18. The third kappa shape index (κ3) is 4.56. The topological polar surface area (TPSA) is 87.7 Å². The lowest BCUT2D eigenvalue weighted by atomic mass is 10.2. The molecule has 132 valence electrons. The summed E-state index contributed by atoms with van der Waals surface area (Å²) in [5.74, 6) is 1.09. The molecule has 1 aliphatic rings. The molecule has 0 saturated carbocycles. The van der Waals surface area contributed by atoms with E-state index in [1.54, 1.807) is 29.7 Å². The Morgan fingerprint density at radius 3 is 2.46 bits per heavy atom. The van der Waals surface area contributed by atoms with E-state index in [9.17, 15) is 9.59 Å². The molecule has 0 aromatic carbocycles. The number of aryl methyl sites for hydroxylation is 1. The second-order valence-corrected chi connectivity index (χ2v) is 5.59. The fourth-order valence-electron chi connectivity index (χ4n) is 2.49. The highest BCUT2D eigenvalue weighted by Crippen LogP contribution is 2.12. The predicted molar refractivity (Wildman–Crippen MR) is 90.0 cm³/mol. The lowest BCUT2D eigenvalue weighted by molar-refractivity contribution is 0.0565. The second kappa shape index (κ2) is 8.47. The van der Waals surface area contributed by atoms with Crippen molar-refractivity contribution in [3.63, 3.8) is 0 Å². The van der Waals surface area contributed by atoms with Crippen LogP contribution in [0.3, 0.4) is 0 Å². The molecule has 1 N–H and O–H groups in total. The quantitative estimate of drug-likeness (QED) is 0.878. The zero-order chi connectivity index (χ0) is 17.5. The molecule has 8 heteroatoms. The van der Waals surface area contributed by atoms with Crippen molar-refractivity contribution in [2.24, 2.45) is 0 Å². The van der Waals surface area contributed by atoms with Crippen LogP contribution in [0, 0.1) is 6.92 Å². The van der Waals surface area contributed by atoms with Gasteiger partial charge in [0.25, 0.3) is 5.91 Å². The highest BCUT2D eigenvalue weighted by atomic mass is 16.6. The van der Waals surface area contributed by atoms with E-state index in [0.29, 0.717) is 50.1 Å². The molecule has 1 aromatic heterocycles. The minimum absolute atomic E-state index is 0.136. The number of hydrogen-bond donors (Lipinski definition) is 1. The molecule has 0 atom stereocenters. The average Bonchev–Trinajstić information content (AvgIpc) is 2.59. The van der Waals surface area contributed by atoms with Gasteiger partial charge < -0.3 is 19.9 Å². The maximum Gasteiger partial charge on any atom is 0.409 e. The maximum absolute atomic E-state index is 12.7. The first-order valence-corrected chi connectivity index (χ1v) is 8.35. The molecule has 0 spiro atoms. The number of piperazine rings is 1. The van der Waals surface area contributed by atoms with Crippen LogP contribution in [0.5, 0.6) is 0 Å². The van der Waals surface area contributed by atoms with E-state index < -0.39 is 0 Å². The molecule has 0 aliphatic carbocycles. The molecule has 1 aliphatic heterocycles. The van der Waals surface area contributed by atoms with Gasteiger partial charge in [-0.3, -0.25) is 4.79 Å². The van der Waals surface area contributed by atoms with Gasteiger partial charge in [0, 0.05) is 38.8 Å². The number of amides is 2. The number of ether oxygens (including phenoxy) is 1. The van der Waals surface area contributed by atoms with Crippen molar-refractivity contribution in [2.75, 3.05) is 44.6 Å². The zero-order valence-corrected chi connectivity index (χ0v) is 14.5. The molecule has 0 unspecified atom stereocenters. The zero-order valence-electron chi connectivity index (χ0n) is 14.5. The molecule has 24 heavy (non-hydrogen) atoms. The fourth-order valence-corrected chi connectivity index (χ4v) is 2.49. The summed E-state index contributed by atoms with van der Waals surface area (Å²) in [5.41, 5.74) is 0.380. The van der Waals surface area contributed by atoms with Crippen LogP contribution < -0.4 is 5.32 Å². The third-order valence-corrected chi connectivity index (χ3v) is 3.71. The van der Waals surface area contributed by atoms with Crippen molar-refractivity contribution in [3.8, 4) is 0 Å². The largest absolute Gasteiger partial charge is 0.450 e. The molecule has 1 fully saturated rings. The van der Waals surface area contributed by atoms with Gasteiger partial charge in [-0.1, -0.05) is 6.92 Å². The van der Waals surface area contributed by atoms with E-state index in [-0.39, 0.29) is 12.0 Å². The van der Waals surface area contributed by atoms with E-state index in [1.807, 2.05) is 0 Å². The van der Waals surface area contributed by atoms with Crippen LogP contribution in [0.2, 0.25) is 0 Å². The number of anilines is 1. The normalized spacial score (nSPS) is 14.5. The summed E-state index contributed by atoms with van der Waals surface area (Å²) in [7, 11) is 0. The van der Waals surface area contributed by atoms with Gasteiger partial charge >= 0.3 is 6.09 Å². The van der Waals surface area contributed by atoms with E-state index in [2.05, 4.69) is 22.2 Å². The van der Waals surface area contributed by atoms with Gasteiger partial charge in [-0.2, -0.15) is 0 Å². The summed E-state index contributed by atoms with van der Waals surface area (Å²) in [6.45, 7) is 8.64. The van der Waals surface area contributed by atoms with Gasteiger partial charge in [-0.25, -0.2) is 14.8 Å². The summed E-state index contributed by atoms with van der Waals surface area (Å²) >= 11 is 0. The fraction of sp³-hybridized carbons (Fsp3) is 0.625. The Balaban J connectivity index is 2.00. The first-order valence-electron chi connectivity index (χ1n) is 8.35. The smallest absolute Gasteiger partial charge is 0.409 e. The summed E-state index contributed by atoms with van der Waals surface area (Å²) in [4.78, 5) is 36.2. The van der Waals surface area contributed by atoms with Gasteiger partial charge in [0.1, 0.15) is 17.3 Å². The van der Waals surface area contributed by atoms with Crippen LogP contribution in [0.4, 0.5) is 10.6 Å². The van der Waals surface area contributed by atoms with Crippen LogP contribution in [-0.2, 0) is 4.74 Å². The first kappa shape index (κ1) is 18.0. The molecule has 8 nitrogen and oxygen atoms in total. The number of carbonyl (C=O) groups is 2. The number of carbonyl (C=O) groups excluding carboxylic acids is 2. The van der Waals surface area contributed by atoms with E-state index in [1.165, 1.54) is 0 Å². The van der Waals surface area contributed by atoms with Gasteiger partial charge in [0.05, 0.1) is 6.61 Å². The molecule has 0 radical (unpaired) electrons. The standard InChI is InChI=1S/C16H25N5O3/c1-4-6-17-14-11-13(18-12(3)19-14)15(22)20-7-9-21(10-8-20)16(23)24-5-2/h11H,4-10H2,1-3H3,(H,17,18,19). The van der Waals surface area contributed by atoms with Gasteiger partial charge in [0.2, 0.25) is 0 Å². The summed E-state index contributed by atoms with van der Waals surface area (Å²) in [6, 6.07) is 1.68. The van der Waals surface area contributed by atoms with Crippen molar-refractivity contribution >= 4 is 17.8 Å². The Labute approximate surface area is 142 Å². The Morgan fingerprint density at radius 2 is 1.83 bits per heavy atom. The lowest BCUT2D eigenvalue weighted by Crippen LogP contribution is -2.50. The van der Waals surface area contributed by atoms with Crippen molar-refractivity contribution < 1.29 is 14.3 Å². The SMILES string of the molecule is CCCNc1cc(C(=O)N2CCN(C(=O)OCC)CC2)nc(C)n1.